The number of rotatable bonds is 6. The van der Waals surface area contributed by atoms with E-state index in [0.29, 0.717) is 5.69 Å². The van der Waals surface area contributed by atoms with E-state index in [1.807, 2.05) is 0 Å². The van der Waals surface area contributed by atoms with Gasteiger partial charge in [0, 0.05) is 17.7 Å². The number of carbonyl (C=O) groups is 4. The Labute approximate surface area is 188 Å². The molecule has 2 aromatic carbocycles. The van der Waals surface area contributed by atoms with Gasteiger partial charge in [-0.25, -0.2) is 4.79 Å². The largest absolute Gasteiger partial charge is 0.454 e. The van der Waals surface area contributed by atoms with Crippen LogP contribution in [-0.4, -0.2) is 35.1 Å². The van der Waals surface area contributed by atoms with E-state index in [2.05, 4.69) is 0 Å². The Hall–Kier alpha value is -3.88. The van der Waals surface area contributed by atoms with E-state index >= 15 is 0 Å². The number of hydrogen-bond acceptors (Lipinski definition) is 7. The molecule has 2 aromatic rings. The number of Topliss-reactive ketones (excluding diaryl/α,β-unsaturated/α-hetero) is 1. The Bertz CT molecular complexity index is 1160. The standard InChI is InChI=1S/C24H20N2O7/c27-19(13-6-8-17(9-7-13)26(31)32)12-33-24(30)16-2-1-3-18(11-16)25-22(28)20-14-4-5-15(10-14)21(20)23(25)29/h1-3,6-9,11,14-15,20-21H,4-5,10,12H2/t14-,15-,20+,21+/m0/s1. The summed E-state index contributed by atoms with van der Waals surface area (Å²) in [6, 6.07) is 11.1. The quantitative estimate of drug-likeness (QED) is 0.219. The molecular weight excluding hydrogens is 428 g/mol. The summed E-state index contributed by atoms with van der Waals surface area (Å²) in [4.78, 5) is 62.1. The number of esters is 1. The predicted octanol–water partition coefficient (Wildman–Crippen LogP) is 3.17. The summed E-state index contributed by atoms with van der Waals surface area (Å²) in [5.74, 6) is -1.67. The number of fused-ring (bicyclic) bond motifs is 5. The van der Waals surface area contributed by atoms with Gasteiger partial charge in [0.15, 0.2) is 12.4 Å². The molecule has 2 amide bonds. The number of anilines is 1. The van der Waals surface area contributed by atoms with E-state index in [9.17, 15) is 29.3 Å². The average molecular weight is 448 g/mol. The van der Waals surface area contributed by atoms with Crippen LogP contribution < -0.4 is 4.90 Å². The highest BCUT2D eigenvalue weighted by Gasteiger charge is 2.61. The molecule has 9 nitrogen and oxygen atoms in total. The highest BCUT2D eigenvalue weighted by atomic mass is 16.6. The van der Waals surface area contributed by atoms with Crippen LogP contribution in [0.15, 0.2) is 48.5 Å². The van der Waals surface area contributed by atoms with Crippen molar-refractivity contribution in [3.8, 4) is 0 Å². The van der Waals surface area contributed by atoms with Crippen molar-refractivity contribution in [2.24, 2.45) is 23.7 Å². The summed E-state index contributed by atoms with van der Waals surface area (Å²) in [5, 5.41) is 10.7. The molecule has 1 saturated heterocycles. The van der Waals surface area contributed by atoms with Crippen LogP contribution >= 0.6 is 0 Å². The molecule has 2 aliphatic carbocycles. The second-order valence-corrected chi connectivity index (χ2v) is 8.75. The Balaban J connectivity index is 1.27. The molecule has 33 heavy (non-hydrogen) atoms. The first-order valence-corrected chi connectivity index (χ1v) is 10.8. The molecule has 9 heteroatoms. The first-order valence-electron chi connectivity index (χ1n) is 10.8. The van der Waals surface area contributed by atoms with Crippen LogP contribution in [0, 0.1) is 33.8 Å². The number of nitro benzene ring substituents is 1. The second kappa shape index (κ2) is 7.91. The lowest BCUT2D eigenvalue weighted by molar-refractivity contribution is -0.384. The van der Waals surface area contributed by atoms with Gasteiger partial charge in [0.25, 0.3) is 5.69 Å². The van der Waals surface area contributed by atoms with Gasteiger partial charge in [0.05, 0.1) is 28.0 Å². The Kier molecular flexibility index (Phi) is 5.03. The number of carbonyl (C=O) groups excluding carboxylic acids is 4. The molecule has 168 valence electrons. The first-order chi connectivity index (χ1) is 15.8. The van der Waals surface area contributed by atoms with E-state index in [1.165, 1.54) is 41.3 Å². The maximum absolute atomic E-state index is 13.0. The summed E-state index contributed by atoms with van der Waals surface area (Å²) >= 11 is 0. The Morgan fingerprint density at radius 1 is 0.970 bits per heavy atom. The van der Waals surface area contributed by atoms with E-state index in [-0.39, 0.29) is 52.3 Å². The van der Waals surface area contributed by atoms with E-state index in [0.717, 1.165) is 19.3 Å². The van der Waals surface area contributed by atoms with Crippen molar-refractivity contribution in [3.05, 3.63) is 69.8 Å². The van der Waals surface area contributed by atoms with E-state index < -0.39 is 23.3 Å². The maximum atomic E-state index is 13.0. The van der Waals surface area contributed by atoms with Crippen molar-refractivity contribution in [1.82, 2.24) is 0 Å². The van der Waals surface area contributed by atoms with Crippen molar-refractivity contribution in [1.29, 1.82) is 0 Å². The normalized spacial score (nSPS) is 25.3. The van der Waals surface area contributed by atoms with Gasteiger partial charge in [-0.1, -0.05) is 6.07 Å². The van der Waals surface area contributed by atoms with Crippen LogP contribution in [0.5, 0.6) is 0 Å². The van der Waals surface area contributed by atoms with Crippen LogP contribution in [0.25, 0.3) is 0 Å². The summed E-state index contributed by atoms with van der Waals surface area (Å²) in [6.07, 6.45) is 2.90. The average Bonchev–Trinajstić information content (AvgIpc) is 3.51. The molecule has 3 fully saturated rings. The van der Waals surface area contributed by atoms with Crippen molar-refractivity contribution >= 4 is 34.9 Å². The third-order valence-electron chi connectivity index (χ3n) is 7.00. The SMILES string of the molecule is O=C(COC(=O)c1cccc(N2C(=O)[C@@H]3[C@H]4CC[C@@H](C4)[C@H]3C2=O)c1)c1ccc([N+](=O)[O-])cc1. The lowest BCUT2D eigenvalue weighted by Crippen LogP contribution is -2.32. The monoisotopic (exact) mass is 448 g/mol. The highest BCUT2D eigenvalue weighted by molar-refractivity contribution is 6.22. The minimum atomic E-state index is -0.772. The Morgan fingerprint density at radius 3 is 2.21 bits per heavy atom. The topological polar surface area (TPSA) is 124 Å². The number of non-ortho nitro benzene ring substituents is 1. The number of ketones is 1. The van der Waals surface area contributed by atoms with Gasteiger partial charge in [0.1, 0.15) is 0 Å². The van der Waals surface area contributed by atoms with Gasteiger partial charge in [-0.2, -0.15) is 0 Å². The fraction of sp³-hybridized carbons (Fsp3) is 0.333. The molecule has 2 bridgehead atoms. The minimum Gasteiger partial charge on any atom is -0.454 e. The van der Waals surface area contributed by atoms with Gasteiger partial charge in [-0.3, -0.25) is 29.4 Å². The molecule has 0 radical (unpaired) electrons. The predicted molar refractivity (Wildman–Crippen MR) is 114 cm³/mol. The van der Waals surface area contributed by atoms with Gasteiger partial charge in [-0.15, -0.1) is 0 Å². The molecule has 1 heterocycles. The molecule has 4 atom stereocenters. The number of nitro groups is 1. The van der Waals surface area contributed by atoms with Crippen LogP contribution in [0.1, 0.15) is 40.0 Å². The van der Waals surface area contributed by atoms with Crippen molar-refractivity contribution in [3.63, 3.8) is 0 Å². The molecule has 5 rings (SSSR count). The zero-order chi connectivity index (χ0) is 23.3. The fourth-order valence-corrected chi connectivity index (χ4v) is 5.50. The molecule has 0 N–H and O–H groups in total. The first kappa shape index (κ1) is 21.0. The van der Waals surface area contributed by atoms with E-state index in [1.54, 1.807) is 12.1 Å². The zero-order valence-electron chi connectivity index (χ0n) is 17.5. The minimum absolute atomic E-state index is 0.115. The summed E-state index contributed by atoms with van der Waals surface area (Å²) < 4.78 is 5.10. The van der Waals surface area contributed by atoms with Gasteiger partial charge >= 0.3 is 5.97 Å². The molecule has 0 spiro atoms. The van der Waals surface area contributed by atoms with Gasteiger partial charge < -0.3 is 4.74 Å². The van der Waals surface area contributed by atoms with Crippen LogP contribution in [0.4, 0.5) is 11.4 Å². The fourth-order valence-electron chi connectivity index (χ4n) is 5.50. The third-order valence-corrected chi connectivity index (χ3v) is 7.00. The van der Waals surface area contributed by atoms with Gasteiger partial charge in [-0.05, 0) is 61.4 Å². The van der Waals surface area contributed by atoms with E-state index in [4.69, 9.17) is 4.74 Å². The van der Waals surface area contributed by atoms with Gasteiger partial charge in [0.2, 0.25) is 11.8 Å². The number of imide groups is 1. The van der Waals surface area contributed by atoms with Crippen molar-refractivity contribution < 1.29 is 28.8 Å². The second-order valence-electron chi connectivity index (χ2n) is 8.75. The zero-order valence-corrected chi connectivity index (χ0v) is 17.5. The number of benzene rings is 2. The molecule has 0 unspecified atom stereocenters. The highest BCUT2D eigenvalue weighted by Crippen LogP contribution is 2.56. The van der Waals surface area contributed by atoms with Crippen molar-refractivity contribution in [2.45, 2.75) is 19.3 Å². The number of hydrogen-bond donors (Lipinski definition) is 0. The molecule has 2 saturated carbocycles. The lowest BCUT2D eigenvalue weighted by Gasteiger charge is -2.19. The van der Waals surface area contributed by atoms with Crippen LogP contribution in [0.3, 0.4) is 0 Å². The summed E-state index contributed by atoms with van der Waals surface area (Å²) in [5.41, 5.74) is 0.472. The van der Waals surface area contributed by atoms with Crippen LogP contribution in [0.2, 0.25) is 0 Å². The number of ether oxygens (including phenoxy) is 1. The number of nitrogens with zero attached hydrogens (tertiary/aromatic N) is 2. The number of amides is 2. The third kappa shape index (κ3) is 3.49. The smallest absolute Gasteiger partial charge is 0.338 e. The molecule has 3 aliphatic rings. The molecular formula is C24H20N2O7. The molecule has 0 aromatic heterocycles. The lowest BCUT2D eigenvalue weighted by atomic mass is 9.81. The summed E-state index contributed by atoms with van der Waals surface area (Å²) in [7, 11) is 0. The Morgan fingerprint density at radius 2 is 1.61 bits per heavy atom. The summed E-state index contributed by atoms with van der Waals surface area (Å²) in [6.45, 7) is -0.546. The van der Waals surface area contributed by atoms with Crippen molar-refractivity contribution in [2.75, 3.05) is 11.5 Å². The van der Waals surface area contributed by atoms with Crippen LogP contribution in [-0.2, 0) is 14.3 Å². The maximum Gasteiger partial charge on any atom is 0.338 e. The molecule has 1 aliphatic heterocycles.